The summed E-state index contributed by atoms with van der Waals surface area (Å²) in [6, 6.07) is 14.5. The van der Waals surface area contributed by atoms with Crippen molar-refractivity contribution in [3.05, 3.63) is 69.7 Å². The fourth-order valence-electron chi connectivity index (χ4n) is 6.24. The number of aliphatic carboxylic acids is 1. The SMILES string of the molecule is CCC(CN1CCN(S(C)(=O)=O)CC1)N1C(=O)[C@@](C)(CC(=O)O)C[C@H](c2cccc(Cl)c2)[C@H]1c1ccc(Cl)cc1. The Morgan fingerprint density at radius 3 is 2.25 bits per heavy atom. The molecular weight excluding hydrogens is 573 g/mol. The second-order valence-corrected chi connectivity index (χ2v) is 14.1. The van der Waals surface area contributed by atoms with Gasteiger partial charge in [-0.25, -0.2) is 8.42 Å². The fourth-order valence-corrected chi connectivity index (χ4v) is 7.39. The summed E-state index contributed by atoms with van der Waals surface area (Å²) in [7, 11) is -3.26. The van der Waals surface area contributed by atoms with E-state index >= 15 is 0 Å². The molecule has 2 aliphatic heterocycles. The van der Waals surface area contributed by atoms with E-state index in [0.717, 1.165) is 11.1 Å². The van der Waals surface area contributed by atoms with Crippen LogP contribution in [0.3, 0.4) is 0 Å². The van der Waals surface area contributed by atoms with Crippen LogP contribution in [0.1, 0.15) is 56.2 Å². The predicted molar refractivity (Wildman–Crippen MR) is 157 cm³/mol. The van der Waals surface area contributed by atoms with Crippen molar-refractivity contribution < 1.29 is 23.1 Å². The van der Waals surface area contributed by atoms with Crippen molar-refractivity contribution in [3.63, 3.8) is 0 Å². The summed E-state index contributed by atoms with van der Waals surface area (Å²) in [6.45, 7) is 6.24. The van der Waals surface area contributed by atoms with E-state index in [2.05, 4.69) is 4.90 Å². The first-order chi connectivity index (χ1) is 18.8. The van der Waals surface area contributed by atoms with E-state index in [9.17, 15) is 23.1 Å². The first-order valence-electron chi connectivity index (χ1n) is 13.6. The Labute approximate surface area is 246 Å². The average molecular weight is 611 g/mol. The van der Waals surface area contributed by atoms with Gasteiger partial charge in [0, 0.05) is 54.7 Å². The Morgan fingerprint density at radius 1 is 1.05 bits per heavy atom. The van der Waals surface area contributed by atoms with Crippen LogP contribution >= 0.6 is 23.2 Å². The van der Waals surface area contributed by atoms with Gasteiger partial charge in [0.15, 0.2) is 0 Å². The molecule has 4 atom stereocenters. The quantitative estimate of drug-likeness (QED) is 0.435. The van der Waals surface area contributed by atoms with Gasteiger partial charge in [-0.1, -0.05) is 61.3 Å². The Balaban J connectivity index is 1.77. The zero-order valence-corrected chi connectivity index (χ0v) is 25.4. The molecule has 0 radical (unpaired) electrons. The monoisotopic (exact) mass is 609 g/mol. The van der Waals surface area contributed by atoms with Gasteiger partial charge >= 0.3 is 5.97 Å². The Bertz CT molecular complexity index is 1330. The molecule has 0 saturated carbocycles. The number of piperazine rings is 1. The molecule has 2 aliphatic rings. The molecule has 2 aromatic rings. The van der Waals surface area contributed by atoms with E-state index in [4.69, 9.17) is 23.2 Å². The van der Waals surface area contributed by atoms with Gasteiger partial charge in [-0.05, 0) is 48.2 Å². The smallest absolute Gasteiger partial charge is 0.304 e. The number of sulfonamides is 1. The van der Waals surface area contributed by atoms with Crippen molar-refractivity contribution in [1.82, 2.24) is 14.1 Å². The molecule has 2 fully saturated rings. The number of amides is 1. The zero-order chi connectivity index (χ0) is 29.2. The van der Waals surface area contributed by atoms with Crippen molar-refractivity contribution in [3.8, 4) is 0 Å². The summed E-state index contributed by atoms with van der Waals surface area (Å²) in [6.07, 6.45) is 1.94. The van der Waals surface area contributed by atoms with Gasteiger partial charge in [-0.2, -0.15) is 4.31 Å². The zero-order valence-electron chi connectivity index (χ0n) is 23.1. The highest BCUT2D eigenvalue weighted by Gasteiger charge is 2.52. The second-order valence-electron chi connectivity index (χ2n) is 11.2. The summed E-state index contributed by atoms with van der Waals surface area (Å²) in [4.78, 5) is 30.5. The molecule has 0 bridgehead atoms. The number of likely N-dealkylation sites (tertiary alicyclic amines) is 1. The van der Waals surface area contributed by atoms with Crippen molar-refractivity contribution in [2.24, 2.45) is 5.41 Å². The highest BCUT2D eigenvalue weighted by molar-refractivity contribution is 7.88. The highest BCUT2D eigenvalue weighted by atomic mass is 35.5. The molecule has 40 heavy (non-hydrogen) atoms. The number of rotatable bonds is 9. The van der Waals surface area contributed by atoms with Crippen molar-refractivity contribution in [1.29, 1.82) is 0 Å². The van der Waals surface area contributed by atoms with E-state index in [-0.39, 0.29) is 30.3 Å². The van der Waals surface area contributed by atoms with E-state index in [1.165, 1.54) is 10.6 Å². The number of nitrogens with zero attached hydrogens (tertiary/aromatic N) is 3. The molecule has 0 spiro atoms. The van der Waals surface area contributed by atoms with Crippen LogP contribution in [0.2, 0.25) is 10.0 Å². The molecule has 2 heterocycles. The molecule has 2 saturated heterocycles. The third-order valence-electron chi connectivity index (χ3n) is 8.27. The number of benzene rings is 2. The fraction of sp³-hybridized carbons (Fsp3) is 0.517. The van der Waals surface area contributed by atoms with Crippen LogP contribution in [0.5, 0.6) is 0 Å². The van der Waals surface area contributed by atoms with Gasteiger partial charge in [0.1, 0.15) is 0 Å². The molecule has 1 amide bonds. The number of carboxylic acids is 1. The Morgan fingerprint density at radius 2 is 1.70 bits per heavy atom. The minimum absolute atomic E-state index is 0.185. The van der Waals surface area contributed by atoms with E-state index < -0.39 is 21.4 Å². The first kappa shape index (κ1) is 30.8. The number of carbonyl (C=O) groups excluding carboxylic acids is 1. The summed E-state index contributed by atoms with van der Waals surface area (Å²) in [5.74, 6) is -1.41. The number of carboxylic acid groups (broad SMARTS) is 1. The average Bonchev–Trinajstić information content (AvgIpc) is 2.89. The molecule has 0 aliphatic carbocycles. The normalized spacial score (nSPS) is 25.6. The molecule has 1 N–H and O–H groups in total. The molecular formula is C29H37Cl2N3O5S. The number of piperidine rings is 1. The van der Waals surface area contributed by atoms with Gasteiger partial charge in [-0.15, -0.1) is 0 Å². The lowest BCUT2D eigenvalue weighted by Gasteiger charge is -2.52. The Kier molecular flexibility index (Phi) is 9.52. The van der Waals surface area contributed by atoms with Gasteiger partial charge in [-0.3, -0.25) is 14.5 Å². The van der Waals surface area contributed by atoms with Crippen LogP contribution < -0.4 is 0 Å². The molecule has 4 rings (SSSR count). The summed E-state index contributed by atoms with van der Waals surface area (Å²) in [5, 5.41) is 11.0. The number of hydrogen-bond donors (Lipinski definition) is 1. The third-order valence-corrected chi connectivity index (χ3v) is 10.1. The molecule has 2 aromatic carbocycles. The maximum atomic E-state index is 14.4. The summed E-state index contributed by atoms with van der Waals surface area (Å²) < 4.78 is 25.5. The van der Waals surface area contributed by atoms with Crippen LogP contribution in [0.25, 0.3) is 0 Å². The largest absolute Gasteiger partial charge is 0.481 e. The highest BCUT2D eigenvalue weighted by Crippen LogP contribution is 2.52. The molecule has 1 unspecified atom stereocenters. The van der Waals surface area contributed by atoms with Crippen LogP contribution in [0.4, 0.5) is 0 Å². The number of halogens is 2. The minimum Gasteiger partial charge on any atom is -0.481 e. The topological polar surface area (TPSA) is 98.2 Å². The standard InChI is InChI=1S/C29H37Cl2N3O5S/c1-4-24(19-32-12-14-33(15-13-32)40(3,38)39)34-27(20-8-10-22(30)11-9-20)25(21-6-5-7-23(31)16-21)17-29(2,28(34)37)18-26(35)36/h5-11,16,24-25,27H,4,12-15,17-19H2,1-3H3,(H,35,36)/t24?,25-,27-,29-/m1/s1. The second kappa shape index (κ2) is 12.4. The minimum atomic E-state index is -3.26. The van der Waals surface area contributed by atoms with E-state index in [1.54, 1.807) is 13.0 Å². The maximum absolute atomic E-state index is 14.4. The maximum Gasteiger partial charge on any atom is 0.304 e. The lowest BCUT2D eigenvalue weighted by molar-refractivity contribution is -0.161. The molecule has 8 nitrogen and oxygen atoms in total. The van der Waals surface area contributed by atoms with E-state index in [0.29, 0.717) is 55.6 Å². The van der Waals surface area contributed by atoms with Gasteiger partial charge in [0.2, 0.25) is 15.9 Å². The number of carbonyl (C=O) groups is 2. The molecule has 11 heteroatoms. The lowest BCUT2D eigenvalue weighted by Crippen LogP contribution is -2.59. The van der Waals surface area contributed by atoms with Crippen LogP contribution in [-0.4, -0.2) is 84.5 Å². The molecule has 0 aromatic heterocycles. The third kappa shape index (κ3) is 6.82. The van der Waals surface area contributed by atoms with Crippen LogP contribution in [-0.2, 0) is 19.6 Å². The number of hydrogen-bond acceptors (Lipinski definition) is 5. The van der Waals surface area contributed by atoms with Gasteiger partial charge in [0.25, 0.3) is 0 Å². The van der Waals surface area contributed by atoms with Crippen LogP contribution in [0, 0.1) is 5.41 Å². The predicted octanol–water partition coefficient (Wildman–Crippen LogP) is 4.89. The molecule has 218 valence electrons. The van der Waals surface area contributed by atoms with Crippen molar-refractivity contribution >= 4 is 45.1 Å². The van der Waals surface area contributed by atoms with Crippen LogP contribution in [0.15, 0.2) is 48.5 Å². The van der Waals surface area contributed by atoms with Crippen molar-refractivity contribution in [2.75, 3.05) is 39.0 Å². The summed E-state index contributed by atoms with van der Waals surface area (Å²) in [5.41, 5.74) is 0.739. The lowest BCUT2D eigenvalue weighted by atomic mass is 9.67. The van der Waals surface area contributed by atoms with Gasteiger partial charge < -0.3 is 10.0 Å². The van der Waals surface area contributed by atoms with Gasteiger partial charge in [0.05, 0.1) is 24.1 Å². The van der Waals surface area contributed by atoms with E-state index in [1.807, 2.05) is 54.3 Å². The van der Waals surface area contributed by atoms with Crippen molar-refractivity contribution in [2.45, 2.75) is 51.1 Å². The summed E-state index contributed by atoms with van der Waals surface area (Å²) >= 11 is 12.7. The Hall–Kier alpha value is -2.17. The first-order valence-corrected chi connectivity index (χ1v) is 16.2.